The molecule has 0 aliphatic carbocycles. The van der Waals surface area contributed by atoms with Crippen molar-refractivity contribution in [3.8, 4) is 5.75 Å². The van der Waals surface area contributed by atoms with Gasteiger partial charge < -0.3 is 9.47 Å². The summed E-state index contributed by atoms with van der Waals surface area (Å²) in [6.45, 7) is 4.17. The summed E-state index contributed by atoms with van der Waals surface area (Å²) in [5.74, 6) is -0.404. The van der Waals surface area contributed by atoms with Gasteiger partial charge in [0.05, 0.1) is 17.7 Å². The van der Waals surface area contributed by atoms with Crippen LogP contribution in [-0.2, 0) is 4.74 Å². The van der Waals surface area contributed by atoms with Gasteiger partial charge in [0.15, 0.2) is 0 Å². The molecule has 0 spiro atoms. The summed E-state index contributed by atoms with van der Waals surface area (Å²) < 4.78 is 10.3. The predicted octanol–water partition coefficient (Wildman–Crippen LogP) is 3.78. The van der Waals surface area contributed by atoms with Crippen molar-refractivity contribution < 1.29 is 19.1 Å². The highest BCUT2D eigenvalue weighted by Crippen LogP contribution is 2.16. The van der Waals surface area contributed by atoms with Crippen LogP contribution in [0.2, 0.25) is 0 Å². The molecule has 2 rings (SSSR count). The summed E-state index contributed by atoms with van der Waals surface area (Å²) in [7, 11) is 0. The monoisotopic (exact) mass is 298 g/mol. The highest BCUT2D eigenvalue weighted by atomic mass is 16.5. The number of esters is 2. The van der Waals surface area contributed by atoms with Gasteiger partial charge in [0.2, 0.25) is 0 Å². The molecule has 4 heteroatoms. The zero-order valence-electron chi connectivity index (χ0n) is 12.7. The van der Waals surface area contributed by atoms with E-state index in [4.69, 9.17) is 9.47 Å². The van der Waals surface area contributed by atoms with Gasteiger partial charge in [-0.15, -0.1) is 0 Å². The van der Waals surface area contributed by atoms with Crippen LogP contribution in [0.1, 0.15) is 39.6 Å². The standard InChI is InChI=1S/C18H18O4/c1-3-12-21-17(19)14-8-10-15(11-9-14)22-18(20)16-7-5-4-6-13(16)2/h4-11H,3,12H2,1-2H3. The Morgan fingerprint density at radius 2 is 1.64 bits per heavy atom. The molecule has 0 saturated carbocycles. The van der Waals surface area contributed by atoms with Crippen LogP contribution in [0.15, 0.2) is 48.5 Å². The van der Waals surface area contributed by atoms with Crippen molar-refractivity contribution >= 4 is 11.9 Å². The maximum absolute atomic E-state index is 12.1. The van der Waals surface area contributed by atoms with Crippen LogP contribution in [0.25, 0.3) is 0 Å². The van der Waals surface area contributed by atoms with Crippen LogP contribution in [-0.4, -0.2) is 18.5 Å². The van der Waals surface area contributed by atoms with Crippen molar-refractivity contribution in [1.29, 1.82) is 0 Å². The minimum absolute atomic E-state index is 0.376. The van der Waals surface area contributed by atoms with Crippen LogP contribution >= 0.6 is 0 Å². The van der Waals surface area contributed by atoms with E-state index >= 15 is 0 Å². The Hall–Kier alpha value is -2.62. The van der Waals surface area contributed by atoms with Crippen LogP contribution in [0.5, 0.6) is 5.75 Å². The molecule has 0 amide bonds. The van der Waals surface area contributed by atoms with E-state index in [-0.39, 0.29) is 5.97 Å². The summed E-state index contributed by atoms with van der Waals surface area (Å²) in [6, 6.07) is 13.5. The van der Waals surface area contributed by atoms with Gasteiger partial charge in [-0.2, -0.15) is 0 Å². The van der Waals surface area contributed by atoms with Gasteiger partial charge >= 0.3 is 11.9 Å². The molecule has 0 radical (unpaired) electrons. The fourth-order valence-electron chi connectivity index (χ4n) is 1.90. The van der Waals surface area contributed by atoms with E-state index in [2.05, 4.69) is 0 Å². The molecule has 0 fully saturated rings. The highest BCUT2D eigenvalue weighted by Gasteiger charge is 2.12. The summed E-state index contributed by atoms with van der Waals surface area (Å²) in [5.41, 5.74) is 1.81. The van der Waals surface area contributed by atoms with Gasteiger partial charge in [0.1, 0.15) is 5.75 Å². The second kappa shape index (κ2) is 7.41. The average Bonchev–Trinajstić information content (AvgIpc) is 2.53. The highest BCUT2D eigenvalue weighted by molar-refractivity contribution is 5.93. The number of aryl methyl sites for hydroxylation is 1. The molecule has 0 aliphatic rings. The zero-order chi connectivity index (χ0) is 15.9. The molecule has 4 nitrogen and oxygen atoms in total. The first-order chi connectivity index (χ1) is 10.6. The molecular formula is C18H18O4. The third kappa shape index (κ3) is 3.95. The molecule has 0 aliphatic heterocycles. The quantitative estimate of drug-likeness (QED) is 0.622. The van der Waals surface area contributed by atoms with E-state index in [1.165, 1.54) is 0 Å². The summed E-state index contributed by atoms with van der Waals surface area (Å²) in [5, 5.41) is 0. The Balaban J connectivity index is 2.04. The van der Waals surface area contributed by atoms with Crippen molar-refractivity contribution in [1.82, 2.24) is 0 Å². The Bertz CT molecular complexity index is 659. The molecule has 0 heterocycles. The molecule has 22 heavy (non-hydrogen) atoms. The van der Waals surface area contributed by atoms with Crippen molar-refractivity contribution in [3.05, 3.63) is 65.2 Å². The van der Waals surface area contributed by atoms with Gasteiger partial charge in [0, 0.05) is 0 Å². The van der Waals surface area contributed by atoms with Gasteiger partial charge in [-0.1, -0.05) is 25.1 Å². The van der Waals surface area contributed by atoms with Crippen molar-refractivity contribution in [2.24, 2.45) is 0 Å². The third-order valence-corrected chi connectivity index (χ3v) is 3.10. The molecular weight excluding hydrogens is 280 g/mol. The molecule has 0 aromatic heterocycles. The summed E-state index contributed by atoms with van der Waals surface area (Å²) in [6.07, 6.45) is 0.776. The largest absolute Gasteiger partial charge is 0.462 e. The zero-order valence-corrected chi connectivity index (χ0v) is 12.7. The number of benzene rings is 2. The molecule has 0 unspecified atom stereocenters. The normalized spacial score (nSPS) is 10.1. The number of carbonyl (C=O) groups is 2. The molecule has 0 bridgehead atoms. The minimum atomic E-state index is -0.417. The van der Waals surface area contributed by atoms with Crippen LogP contribution < -0.4 is 4.74 Å². The molecule has 0 atom stereocenters. The molecule has 2 aromatic carbocycles. The Morgan fingerprint density at radius 3 is 2.27 bits per heavy atom. The molecule has 0 saturated heterocycles. The maximum Gasteiger partial charge on any atom is 0.343 e. The number of rotatable bonds is 5. The van der Waals surface area contributed by atoms with Crippen LogP contribution in [0, 0.1) is 6.92 Å². The van der Waals surface area contributed by atoms with Crippen LogP contribution in [0.3, 0.4) is 0 Å². The Morgan fingerprint density at radius 1 is 0.955 bits per heavy atom. The summed E-state index contributed by atoms with van der Waals surface area (Å²) >= 11 is 0. The maximum atomic E-state index is 12.1. The fourth-order valence-corrected chi connectivity index (χ4v) is 1.90. The molecule has 0 N–H and O–H groups in total. The first-order valence-corrected chi connectivity index (χ1v) is 7.17. The second-order valence-electron chi connectivity index (χ2n) is 4.86. The number of hydrogen-bond donors (Lipinski definition) is 0. The minimum Gasteiger partial charge on any atom is -0.462 e. The number of hydrogen-bond acceptors (Lipinski definition) is 4. The SMILES string of the molecule is CCCOC(=O)c1ccc(OC(=O)c2ccccc2C)cc1. The lowest BCUT2D eigenvalue weighted by molar-refractivity contribution is 0.0505. The van der Waals surface area contributed by atoms with E-state index in [9.17, 15) is 9.59 Å². The average molecular weight is 298 g/mol. The first-order valence-electron chi connectivity index (χ1n) is 7.17. The first kappa shape index (κ1) is 15.8. The topological polar surface area (TPSA) is 52.6 Å². The number of ether oxygens (including phenoxy) is 2. The van der Waals surface area contributed by atoms with E-state index in [0.717, 1.165) is 12.0 Å². The van der Waals surface area contributed by atoms with Gasteiger partial charge in [-0.05, 0) is 49.2 Å². The van der Waals surface area contributed by atoms with Crippen LogP contribution in [0.4, 0.5) is 0 Å². The van der Waals surface area contributed by atoms with Gasteiger partial charge in [0.25, 0.3) is 0 Å². The van der Waals surface area contributed by atoms with Crippen molar-refractivity contribution in [2.75, 3.05) is 6.61 Å². The van der Waals surface area contributed by atoms with E-state index in [0.29, 0.717) is 23.5 Å². The lowest BCUT2D eigenvalue weighted by atomic mass is 10.1. The summed E-state index contributed by atoms with van der Waals surface area (Å²) in [4.78, 5) is 23.8. The Kier molecular flexibility index (Phi) is 5.31. The van der Waals surface area contributed by atoms with E-state index in [1.807, 2.05) is 26.0 Å². The smallest absolute Gasteiger partial charge is 0.343 e. The van der Waals surface area contributed by atoms with Gasteiger partial charge in [-0.25, -0.2) is 9.59 Å². The van der Waals surface area contributed by atoms with E-state index < -0.39 is 5.97 Å². The lowest BCUT2D eigenvalue weighted by Gasteiger charge is -2.07. The van der Waals surface area contributed by atoms with Gasteiger partial charge in [-0.3, -0.25) is 0 Å². The van der Waals surface area contributed by atoms with E-state index in [1.54, 1.807) is 36.4 Å². The third-order valence-electron chi connectivity index (χ3n) is 3.10. The van der Waals surface area contributed by atoms with Crippen molar-refractivity contribution in [2.45, 2.75) is 20.3 Å². The predicted molar refractivity (Wildman–Crippen MR) is 83.2 cm³/mol. The number of carbonyl (C=O) groups excluding carboxylic acids is 2. The molecule has 2 aromatic rings. The Labute approximate surface area is 129 Å². The van der Waals surface area contributed by atoms with Crippen molar-refractivity contribution in [3.63, 3.8) is 0 Å². The fraction of sp³-hybridized carbons (Fsp3) is 0.222. The molecule has 114 valence electrons. The lowest BCUT2D eigenvalue weighted by Crippen LogP contribution is -2.10. The second-order valence-corrected chi connectivity index (χ2v) is 4.86.